The van der Waals surface area contributed by atoms with Gasteiger partial charge in [-0.2, -0.15) is 9.98 Å². The molecule has 28 heavy (non-hydrogen) atoms. The Hall–Kier alpha value is -2.94. The van der Waals surface area contributed by atoms with Crippen LogP contribution in [-0.2, 0) is 24.3 Å². The fraction of sp³-hybridized carbons (Fsp3) is 0.235. The maximum atomic E-state index is 12.3. The standard InChI is InChI=1S/C17H17N3O6S2/c1-11(20-28(23,24)14-5-3-13(25-2)4-6-14)17(22)26-10-15(21)19-16-12(9-18)7-8-27-16/h3-8,11,20H,10H2,1-2H3,(H,19,21). The summed E-state index contributed by atoms with van der Waals surface area (Å²) in [5, 5.41) is 13.3. The predicted octanol–water partition coefficient (Wildman–Crippen LogP) is 1.48. The first kappa shape index (κ1) is 21.4. The molecule has 1 heterocycles. The lowest BCUT2D eigenvalue weighted by Gasteiger charge is -2.14. The van der Waals surface area contributed by atoms with Crippen molar-refractivity contribution in [2.24, 2.45) is 0 Å². The first-order valence-electron chi connectivity index (χ1n) is 7.87. The van der Waals surface area contributed by atoms with Crippen LogP contribution in [0.3, 0.4) is 0 Å². The highest BCUT2D eigenvalue weighted by molar-refractivity contribution is 7.89. The van der Waals surface area contributed by atoms with Crippen molar-refractivity contribution in [1.29, 1.82) is 5.26 Å². The van der Waals surface area contributed by atoms with E-state index in [0.29, 0.717) is 16.3 Å². The monoisotopic (exact) mass is 423 g/mol. The van der Waals surface area contributed by atoms with E-state index in [0.717, 1.165) is 11.3 Å². The molecule has 0 saturated heterocycles. The van der Waals surface area contributed by atoms with Crippen LogP contribution in [0.15, 0.2) is 40.6 Å². The molecule has 0 aliphatic carbocycles. The van der Waals surface area contributed by atoms with Crippen LogP contribution in [0.25, 0.3) is 0 Å². The van der Waals surface area contributed by atoms with Gasteiger partial charge in [0.2, 0.25) is 10.0 Å². The van der Waals surface area contributed by atoms with E-state index in [1.165, 1.54) is 38.3 Å². The van der Waals surface area contributed by atoms with Gasteiger partial charge in [-0.1, -0.05) is 0 Å². The molecule has 1 aromatic heterocycles. The van der Waals surface area contributed by atoms with E-state index in [1.54, 1.807) is 11.4 Å². The van der Waals surface area contributed by atoms with Gasteiger partial charge >= 0.3 is 5.97 Å². The molecule has 148 valence electrons. The molecule has 0 aliphatic rings. The van der Waals surface area contributed by atoms with Crippen molar-refractivity contribution < 1.29 is 27.5 Å². The number of rotatable bonds is 8. The number of carbonyl (C=O) groups excluding carboxylic acids is 2. The topological polar surface area (TPSA) is 135 Å². The van der Waals surface area contributed by atoms with Gasteiger partial charge in [-0.25, -0.2) is 8.42 Å². The molecule has 0 saturated carbocycles. The van der Waals surface area contributed by atoms with E-state index in [-0.39, 0.29) is 4.90 Å². The molecular weight excluding hydrogens is 406 g/mol. The Labute approximate surface area is 165 Å². The Balaban J connectivity index is 1.89. The molecule has 0 spiro atoms. The highest BCUT2D eigenvalue weighted by atomic mass is 32.2. The summed E-state index contributed by atoms with van der Waals surface area (Å²) in [6.45, 7) is 0.685. The van der Waals surface area contributed by atoms with Crippen molar-refractivity contribution in [2.75, 3.05) is 19.0 Å². The molecule has 0 fully saturated rings. The summed E-state index contributed by atoms with van der Waals surface area (Å²) in [6.07, 6.45) is 0. The highest BCUT2D eigenvalue weighted by Gasteiger charge is 2.24. The van der Waals surface area contributed by atoms with E-state index in [2.05, 4.69) is 10.0 Å². The van der Waals surface area contributed by atoms with E-state index in [1.807, 2.05) is 6.07 Å². The van der Waals surface area contributed by atoms with Crippen LogP contribution in [-0.4, -0.2) is 40.1 Å². The number of methoxy groups -OCH3 is 1. The van der Waals surface area contributed by atoms with Crippen molar-refractivity contribution >= 4 is 38.2 Å². The lowest BCUT2D eigenvalue weighted by molar-refractivity contribution is -0.148. The summed E-state index contributed by atoms with van der Waals surface area (Å²) >= 11 is 1.16. The third-order valence-electron chi connectivity index (χ3n) is 3.44. The van der Waals surface area contributed by atoms with Gasteiger partial charge in [0.05, 0.1) is 17.6 Å². The van der Waals surface area contributed by atoms with Crippen LogP contribution in [0, 0.1) is 11.3 Å². The van der Waals surface area contributed by atoms with E-state index in [9.17, 15) is 18.0 Å². The minimum Gasteiger partial charge on any atom is -0.497 e. The van der Waals surface area contributed by atoms with Gasteiger partial charge in [-0.15, -0.1) is 11.3 Å². The number of thiophene rings is 1. The molecule has 1 atom stereocenters. The van der Waals surface area contributed by atoms with Gasteiger partial charge in [0.1, 0.15) is 22.9 Å². The minimum atomic E-state index is -3.96. The number of nitriles is 1. The number of carbonyl (C=O) groups is 2. The maximum Gasteiger partial charge on any atom is 0.324 e. The number of hydrogen-bond donors (Lipinski definition) is 2. The average Bonchev–Trinajstić information content (AvgIpc) is 3.12. The normalized spacial score (nSPS) is 11.9. The van der Waals surface area contributed by atoms with E-state index in [4.69, 9.17) is 14.7 Å². The molecule has 2 N–H and O–H groups in total. The molecule has 2 rings (SSSR count). The first-order chi connectivity index (χ1) is 13.3. The molecule has 0 aliphatic heterocycles. The SMILES string of the molecule is COc1ccc(S(=O)(=O)NC(C)C(=O)OCC(=O)Nc2sccc2C#N)cc1. The number of esters is 1. The molecule has 1 aromatic carbocycles. The summed E-state index contributed by atoms with van der Waals surface area (Å²) in [6, 6.07) is 7.86. The third kappa shape index (κ3) is 5.53. The van der Waals surface area contributed by atoms with Crippen molar-refractivity contribution in [3.05, 3.63) is 41.3 Å². The Bertz CT molecular complexity index is 993. The van der Waals surface area contributed by atoms with Crippen LogP contribution in [0.2, 0.25) is 0 Å². The van der Waals surface area contributed by atoms with E-state index < -0.39 is 34.5 Å². The predicted molar refractivity (Wildman–Crippen MR) is 101 cm³/mol. The number of sulfonamides is 1. The molecule has 11 heteroatoms. The molecule has 9 nitrogen and oxygen atoms in total. The molecule has 1 unspecified atom stereocenters. The fourth-order valence-electron chi connectivity index (χ4n) is 2.02. The van der Waals surface area contributed by atoms with Crippen molar-refractivity contribution in [2.45, 2.75) is 17.9 Å². The first-order valence-corrected chi connectivity index (χ1v) is 10.2. The van der Waals surface area contributed by atoms with E-state index >= 15 is 0 Å². The third-order valence-corrected chi connectivity index (χ3v) is 5.83. The van der Waals surface area contributed by atoms with Gasteiger partial charge in [0, 0.05) is 0 Å². The van der Waals surface area contributed by atoms with Crippen LogP contribution >= 0.6 is 11.3 Å². The summed E-state index contributed by atoms with van der Waals surface area (Å²) in [5.41, 5.74) is 0.297. The second-order valence-corrected chi connectivity index (χ2v) is 8.08. The van der Waals surface area contributed by atoms with Crippen LogP contribution < -0.4 is 14.8 Å². The second-order valence-electron chi connectivity index (χ2n) is 5.45. The van der Waals surface area contributed by atoms with Crippen molar-refractivity contribution in [3.8, 4) is 11.8 Å². The Morgan fingerprint density at radius 1 is 1.25 bits per heavy atom. The van der Waals surface area contributed by atoms with Gasteiger partial charge < -0.3 is 14.8 Å². The molecule has 0 radical (unpaired) electrons. The summed E-state index contributed by atoms with van der Waals surface area (Å²) < 4.78 is 36.6. The molecule has 1 amide bonds. The van der Waals surface area contributed by atoms with Gasteiger partial charge in [-0.05, 0) is 42.6 Å². The largest absolute Gasteiger partial charge is 0.497 e. The zero-order chi connectivity index (χ0) is 20.7. The average molecular weight is 423 g/mol. The number of anilines is 1. The summed E-state index contributed by atoms with van der Waals surface area (Å²) in [7, 11) is -2.51. The lowest BCUT2D eigenvalue weighted by atomic mass is 10.3. The Morgan fingerprint density at radius 2 is 1.93 bits per heavy atom. The highest BCUT2D eigenvalue weighted by Crippen LogP contribution is 2.21. The summed E-state index contributed by atoms with van der Waals surface area (Å²) in [4.78, 5) is 23.8. The number of nitrogens with zero attached hydrogens (tertiary/aromatic N) is 1. The van der Waals surface area contributed by atoms with Crippen molar-refractivity contribution in [1.82, 2.24) is 4.72 Å². The van der Waals surface area contributed by atoms with Gasteiger partial charge in [0.25, 0.3) is 5.91 Å². The Kier molecular flexibility index (Phi) is 7.11. The second kappa shape index (κ2) is 9.32. The number of amides is 1. The van der Waals surface area contributed by atoms with Crippen LogP contribution in [0.4, 0.5) is 5.00 Å². The number of hydrogen-bond acceptors (Lipinski definition) is 8. The number of nitrogens with one attached hydrogen (secondary N) is 2. The Morgan fingerprint density at radius 3 is 2.54 bits per heavy atom. The van der Waals surface area contributed by atoms with Crippen LogP contribution in [0.1, 0.15) is 12.5 Å². The molecule has 0 bridgehead atoms. The van der Waals surface area contributed by atoms with Crippen LogP contribution in [0.5, 0.6) is 5.75 Å². The fourth-order valence-corrected chi connectivity index (χ4v) is 3.97. The van der Waals surface area contributed by atoms with Gasteiger partial charge in [-0.3, -0.25) is 9.59 Å². The lowest BCUT2D eigenvalue weighted by Crippen LogP contribution is -2.40. The summed E-state index contributed by atoms with van der Waals surface area (Å²) in [5.74, 6) is -1.07. The quantitative estimate of drug-likeness (QED) is 0.614. The maximum absolute atomic E-state index is 12.3. The molecule has 2 aromatic rings. The molecular formula is C17H17N3O6S2. The smallest absolute Gasteiger partial charge is 0.324 e. The number of ether oxygens (including phenoxy) is 2. The van der Waals surface area contributed by atoms with Crippen molar-refractivity contribution in [3.63, 3.8) is 0 Å². The zero-order valence-corrected chi connectivity index (χ0v) is 16.6. The zero-order valence-electron chi connectivity index (χ0n) is 15.0. The number of benzene rings is 1. The van der Waals surface area contributed by atoms with Gasteiger partial charge in [0.15, 0.2) is 6.61 Å². The minimum absolute atomic E-state index is 0.0487.